The molecule has 0 atom stereocenters. The number of aromatic nitrogens is 3. The Labute approximate surface area is 211 Å². The smallest absolute Gasteiger partial charge is 0.280 e. The molecule has 4 aromatic rings. The van der Waals surface area contributed by atoms with Crippen LogP contribution < -0.4 is 10.9 Å². The molecule has 0 radical (unpaired) electrons. The molecule has 1 saturated heterocycles. The lowest BCUT2D eigenvalue weighted by Gasteiger charge is -2.16. The number of halogens is 1. The number of aryl methyl sites for hydroxylation is 3. The molecule has 1 aliphatic rings. The number of benzene rings is 2. The maximum Gasteiger partial charge on any atom is 0.280 e. The van der Waals surface area contributed by atoms with Gasteiger partial charge in [0.25, 0.3) is 11.5 Å². The third kappa shape index (κ3) is 4.19. The standard InChI is InChI=1S/C26H22ClN5O2S/c1-14-9-10-19(27)13-22(14)29-26-30-24(33)23(35-26)12-18-11-15(2)31(16(18)3)32-17(4)28-21-8-6-5-7-20(21)25(32)34/h5-13H,1-4H3,(H,29,30,33). The Balaban J connectivity index is 1.54. The van der Waals surface area contributed by atoms with Gasteiger partial charge in [-0.2, -0.15) is 4.68 Å². The van der Waals surface area contributed by atoms with Crippen LogP contribution in [-0.2, 0) is 4.79 Å². The fraction of sp³-hybridized carbons (Fsp3) is 0.154. The van der Waals surface area contributed by atoms with Gasteiger partial charge < -0.3 is 5.32 Å². The van der Waals surface area contributed by atoms with Crippen molar-refractivity contribution in [3.63, 3.8) is 0 Å². The highest BCUT2D eigenvalue weighted by atomic mass is 35.5. The second-order valence-electron chi connectivity index (χ2n) is 8.34. The maximum absolute atomic E-state index is 13.3. The number of carbonyl (C=O) groups is 1. The maximum atomic E-state index is 13.3. The summed E-state index contributed by atoms with van der Waals surface area (Å²) in [6.07, 6.45) is 1.82. The van der Waals surface area contributed by atoms with Gasteiger partial charge in [-0.05, 0) is 87.0 Å². The van der Waals surface area contributed by atoms with Gasteiger partial charge in [0.05, 0.1) is 21.5 Å². The first-order chi connectivity index (χ1) is 16.7. The third-order valence-corrected chi connectivity index (χ3v) is 7.03. The second kappa shape index (κ2) is 8.87. The molecule has 176 valence electrons. The van der Waals surface area contributed by atoms with Gasteiger partial charge in [-0.25, -0.2) is 9.98 Å². The number of nitrogens with zero attached hydrogens (tertiary/aromatic N) is 4. The van der Waals surface area contributed by atoms with E-state index in [2.05, 4.69) is 15.3 Å². The fourth-order valence-electron chi connectivity index (χ4n) is 4.14. The molecule has 0 unspecified atom stereocenters. The van der Waals surface area contributed by atoms with Crippen LogP contribution >= 0.6 is 23.4 Å². The van der Waals surface area contributed by atoms with Crippen LogP contribution in [0.3, 0.4) is 0 Å². The molecule has 0 spiro atoms. The molecule has 9 heteroatoms. The summed E-state index contributed by atoms with van der Waals surface area (Å²) in [5.41, 5.74) is 4.69. The lowest BCUT2D eigenvalue weighted by molar-refractivity contribution is -0.115. The number of fused-ring (bicyclic) bond motifs is 1. The molecule has 3 heterocycles. The molecule has 0 aliphatic carbocycles. The number of thioether (sulfide) groups is 1. The molecule has 2 aromatic carbocycles. The van der Waals surface area contributed by atoms with E-state index in [-0.39, 0.29) is 11.5 Å². The minimum atomic E-state index is -0.223. The molecule has 5 rings (SSSR count). The van der Waals surface area contributed by atoms with Crippen LogP contribution in [0.25, 0.3) is 17.0 Å². The van der Waals surface area contributed by atoms with E-state index < -0.39 is 0 Å². The predicted molar refractivity (Wildman–Crippen MR) is 142 cm³/mol. The highest BCUT2D eigenvalue weighted by Gasteiger charge is 2.25. The Hall–Kier alpha value is -3.62. The molecule has 1 aliphatic heterocycles. The zero-order valence-corrected chi connectivity index (χ0v) is 21.2. The van der Waals surface area contributed by atoms with E-state index in [9.17, 15) is 9.59 Å². The summed E-state index contributed by atoms with van der Waals surface area (Å²) in [5, 5.41) is 4.45. The van der Waals surface area contributed by atoms with Gasteiger partial charge in [-0.1, -0.05) is 29.8 Å². The number of nitrogens with one attached hydrogen (secondary N) is 1. The van der Waals surface area contributed by atoms with Gasteiger partial charge in [0.15, 0.2) is 5.17 Å². The van der Waals surface area contributed by atoms with E-state index in [0.29, 0.717) is 37.5 Å². The van der Waals surface area contributed by atoms with Crippen molar-refractivity contribution in [1.82, 2.24) is 19.7 Å². The predicted octanol–water partition coefficient (Wildman–Crippen LogP) is 5.29. The van der Waals surface area contributed by atoms with Crippen LogP contribution in [0.2, 0.25) is 5.02 Å². The van der Waals surface area contributed by atoms with Crippen molar-refractivity contribution in [2.24, 2.45) is 4.99 Å². The first-order valence-electron chi connectivity index (χ1n) is 11.0. The first kappa shape index (κ1) is 23.1. The molecule has 35 heavy (non-hydrogen) atoms. The molecule has 2 aromatic heterocycles. The Bertz CT molecular complexity index is 1650. The van der Waals surface area contributed by atoms with E-state index >= 15 is 0 Å². The van der Waals surface area contributed by atoms with E-state index in [1.807, 2.05) is 68.8 Å². The monoisotopic (exact) mass is 503 g/mol. The van der Waals surface area contributed by atoms with Gasteiger partial charge >= 0.3 is 0 Å². The van der Waals surface area contributed by atoms with Crippen molar-refractivity contribution in [3.8, 4) is 0 Å². The van der Waals surface area contributed by atoms with Gasteiger partial charge in [0.2, 0.25) is 0 Å². The van der Waals surface area contributed by atoms with Gasteiger partial charge in [0.1, 0.15) is 5.82 Å². The Morgan fingerprint density at radius 2 is 1.80 bits per heavy atom. The van der Waals surface area contributed by atoms with Crippen molar-refractivity contribution >= 4 is 57.1 Å². The zero-order valence-electron chi connectivity index (χ0n) is 19.6. The summed E-state index contributed by atoms with van der Waals surface area (Å²) in [4.78, 5) is 35.7. The van der Waals surface area contributed by atoms with Gasteiger partial charge in [-0.15, -0.1) is 0 Å². The van der Waals surface area contributed by atoms with E-state index in [1.54, 1.807) is 22.9 Å². The third-order valence-electron chi connectivity index (χ3n) is 5.88. The SMILES string of the molecule is Cc1ccc(Cl)cc1N=C1NC(=O)C(=Cc2cc(C)n(-n3c(C)nc4ccccc4c3=O)c2C)S1. The molecular weight excluding hydrogens is 482 g/mol. The molecule has 1 amide bonds. The summed E-state index contributed by atoms with van der Waals surface area (Å²) in [6, 6.07) is 14.7. The second-order valence-corrected chi connectivity index (χ2v) is 9.81. The van der Waals surface area contributed by atoms with E-state index in [1.165, 1.54) is 11.8 Å². The topological polar surface area (TPSA) is 81.3 Å². The number of hydrogen-bond donors (Lipinski definition) is 1. The van der Waals surface area contributed by atoms with Crippen LogP contribution in [0, 0.1) is 27.7 Å². The minimum Gasteiger partial charge on any atom is -0.300 e. The number of carbonyl (C=O) groups excluding carboxylic acids is 1. The quantitative estimate of drug-likeness (QED) is 0.385. The Morgan fingerprint density at radius 3 is 2.60 bits per heavy atom. The fourth-order valence-corrected chi connectivity index (χ4v) is 5.13. The van der Waals surface area contributed by atoms with Crippen LogP contribution in [-0.4, -0.2) is 25.4 Å². The number of aliphatic imine (C=N–C) groups is 1. The molecular formula is C26H22ClN5O2S. The highest BCUT2D eigenvalue weighted by Crippen LogP contribution is 2.31. The lowest BCUT2D eigenvalue weighted by Crippen LogP contribution is -2.30. The van der Waals surface area contributed by atoms with Crippen LogP contribution in [0.1, 0.15) is 28.3 Å². The van der Waals surface area contributed by atoms with Crippen molar-refractivity contribution in [2.45, 2.75) is 27.7 Å². The van der Waals surface area contributed by atoms with Crippen molar-refractivity contribution < 1.29 is 4.79 Å². The van der Waals surface area contributed by atoms with E-state index in [4.69, 9.17) is 11.6 Å². The van der Waals surface area contributed by atoms with Crippen LogP contribution in [0.5, 0.6) is 0 Å². The van der Waals surface area contributed by atoms with Crippen LogP contribution in [0.4, 0.5) is 5.69 Å². The summed E-state index contributed by atoms with van der Waals surface area (Å²) in [6.45, 7) is 7.59. The molecule has 0 bridgehead atoms. The van der Waals surface area contributed by atoms with Crippen molar-refractivity contribution in [2.75, 3.05) is 0 Å². The summed E-state index contributed by atoms with van der Waals surface area (Å²) in [7, 11) is 0. The lowest BCUT2D eigenvalue weighted by atomic mass is 10.2. The largest absolute Gasteiger partial charge is 0.300 e. The summed E-state index contributed by atoms with van der Waals surface area (Å²) < 4.78 is 3.41. The van der Waals surface area contributed by atoms with Crippen LogP contribution in [0.15, 0.2) is 63.2 Å². The zero-order chi connectivity index (χ0) is 24.9. The normalized spacial score (nSPS) is 16.0. The summed E-state index contributed by atoms with van der Waals surface area (Å²) >= 11 is 7.37. The molecule has 7 nitrogen and oxygen atoms in total. The average molecular weight is 504 g/mol. The number of para-hydroxylation sites is 1. The number of hydrogen-bond acceptors (Lipinski definition) is 5. The van der Waals surface area contributed by atoms with Gasteiger partial charge in [-0.3, -0.25) is 14.3 Å². The number of amidine groups is 1. The number of rotatable bonds is 3. The number of amides is 1. The molecule has 0 saturated carbocycles. The first-order valence-corrected chi connectivity index (χ1v) is 12.2. The Kier molecular flexibility index (Phi) is 5.86. The van der Waals surface area contributed by atoms with Crippen molar-refractivity contribution in [1.29, 1.82) is 0 Å². The van der Waals surface area contributed by atoms with E-state index in [0.717, 1.165) is 22.5 Å². The minimum absolute atomic E-state index is 0.145. The molecule has 1 N–H and O–H groups in total. The average Bonchev–Trinajstić information content (AvgIpc) is 3.29. The van der Waals surface area contributed by atoms with Crippen molar-refractivity contribution in [3.05, 3.63) is 97.2 Å². The Morgan fingerprint density at radius 1 is 1.03 bits per heavy atom. The molecule has 1 fully saturated rings. The van der Waals surface area contributed by atoms with Gasteiger partial charge in [0, 0.05) is 16.4 Å². The summed E-state index contributed by atoms with van der Waals surface area (Å²) in [5.74, 6) is 0.355. The highest BCUT2D eigenvalue weighted by molar-refractivity contribution is 8.18.